The number of hydrogen-bond acceptors (Lipinski definition) is 4. The van der Waals surface area contributed by atoms with E-state index in [0.717, 1.165) is 0 Å². The zero-order chi connectivity index (χ0) is 7.15. The Kier molecular flexibility index (Phi) is 211. The largest absolute Gasteiger partial charge is 0.457 e. The quantitative estimate of drug-likeness (QED) is 0.188. The molecular weight excluding hydrogens is 247 g/mol. The third kappa shape index (κ3) is 510. The van der Waals surface area contributed by atoms with Crippen molar-refractivity contribution >= 4 is 0 Å². The molecule has 0 amide bonds. The monoisotopic (exact) mass is 260 g/mol. The van der Waals surface area contributed by atoms with Crippen molar-refractivity contribution < 1.29 is 59.0 Å². The second-order valence-corrected chi connectivity index (χ2v) is 0.476. The molecule has 0 rings (SSSR count). The van der Waals surface area contributed by atoms with Gasteiger partial charge in [-0.2, -0.15) is 0 Å². The molecule has 12 nitrogen and oxygen atoms in total. The summed E-state index contributed by atoms with van der Waals surface area (Å²) < 4.78 is 0. The third-order valence-corrected chi connectivity index (χ3v) is 0. The average Bonchev–Trinajstić information content (AvgIpc) is 1.25. The molecule has 0 aromatic rings. The van der Waals surface area contributed by atoms with Crippen LogP contribution in [-0.4, -0.2) is 20.6 Å². The van der Waals surface area contributed by atoms with Gasteiger partial charge in [-0.15, -0.1) is 20.2 Å². The molecule has 0 saturated carbocycles. The van der Waals surface area contributed by atoms with Crippen LogP contribution in [0.25, 0.3) is 0 Å². The summed E-state index contributed by atoms with van der Waals surface area (Å²) in [6, 6.07) is 0. The molecule has 0 radical (unpaired) electrons. The van der Waals surface area contributed by atoms with E-state index in [4.69, 9.17) is 30.6 Å². The van der Waals surface area contributed by atoms with E-state index in [0.29, 0.717) is 0 Å². The predicted octanol–water partition coefficient (Wildman–Crippen LogP) is -4.39. The van der Waals surface area contributed by atoms with E-state index < -0.39 is 10.2 Å². The van der Waals surface area contributed by atoms with Crippen molar-refractivity contribution in [1.82, 2.24) is 0 Å². The van der Waals surface area contributed by atoms with Gasteiger partial charge in [-0.1, -0.05) is 0 Å². The van der Waals surface area contributed by atoms with E-state index in [1.807, 2.05) is 0 Å². The molecule has 0 bridgehead atoms. The van der Waals surface area contributed by atoms with Crippen LogP contribution in [0.3, 0.4) is 0 Å². The Bertz CT molecular complexity index is 70.9. The molecule has 0 spiro atoms. The first kappa shape index (κ1) is 60.3. The van der Waals surface area contributed by atoms with E-state index in [-0.39, 0.29) is 38.4 Å². The van der Waals surface area contributed by atoms with Crippen LogP contribution in [0.1, 0.15) is 0 Å². The molecule has 0 saturated heterocycles. The van der Waals surface area contributed by atoms with Crippen molar-refractivity contribution in [3.05, 3.63) is 20.2 Å². The summed E-state index contributed by atoms with van der Waals surface area (Å²) in [6.45, 7) is 0. The van der Waals surface area contributed by atoms with Crippen LogP contribution in [0, 0.1) is 20.2 Å². The maximum Gasteiger partial charge on any atom is 0.291 e. The Balaban J connectivity index is -0.00000000800. The zero-order valence-corrected chi connectivity index (χ0v) is 7.04. The van der Waals surface area contributed by atoms with Gasteiger partial charge in [0, 0.05) is 16.5 Å². The number of rotatable bonds is 0. The van der Waals surface area contributed by atoms with Gasteiger partial charge >= 0.3 is 0 Å². The van der Waals surface area contributed by atoms with E-state index >= 15 is 0 Å². The normalized spacial score (nSPS) is 3.69. The fraction of sp³-hybridized carbons (Fsp3) is 0. The topological polar surface area (TPSA) is 259 Å². The molecule has 0 aliphatic heterocycles. The van der Waals surface area contributed by atoms with Gasteiger partial charge in [0.2, 0.25) is 0 Å². The maximum absolute atomic E-state index is 8.36. The van der Waals surface area contributed by atoms with Crippen molar-refractivity contribution in [1.29, 1.82) is 0 Å². The van der Waals surface area contributed by atoms with Gasteiger partial charge in [-0.3, -0.25) is 0 Å². The van der Waals surface area contributed by atoms with Crippen LogP contribution in [-0.2, 0) is 38.4 Å². The van der Waals surface area contributed by atoms with Gasteiger partial charge in [0.1, 0.15) is 0 Å². The zero-order valence-electron chi connectivity index (χ0n) is 6.05. The van der Waals surface area contributed by atoms with Crippen molar-refractivity contribution in [2.75, 3.05) is 0 Å². The van der Waals surface area contributed by atoms with Crippen LogP contribution >= 0.6 is 0 Å². The second kappa shape index (κ2) is 45.4. The van der Waals surface area contributed by atoms with E-state index in [9.17, 15) is 0 Å². The van der Waals surface area contributed by atoms with Gasteiger partial charge in [-0.05, 0) is 0 Å². The van der Waals surface area contributed by atoms with Gasteiger partial charge in [-0.25, -0.2) is 0 Å². The Morgan fingerprint density at radius 1 is 0.769 bits per heavy atom. The molecule has 0 aliphatic rings. The van der Waals surface area contributed by atoms with Crippen molar-refractivity contribution in [2.45, 2.75) is 0 Å². The summed E-state index contributed by atoms with van der Waals surface area (Å²) in [6.07, 6.45) is 0. The van der Waals surface area contributed by atoms with Crippen LogP contribution < -0.4 is 0 Å². The SMILES string of the molecule is O=[N+]([O-])O.O=[N+]([O-])O.[Ni].[OH3+].[OH3+].[OH3+].[OH3+]. The Labute approximate surface area is 80.2 Å². The standard InChI is InChI=1S/2HNO3.Ni.4H2O/c2*2-1(3)4;;;;;/h2*(H,2,3,4);;4*1H2/p+4. The number of nitrogens with zero attached hydrogens (tertiary/aromatic N) is 2. The van der Waals surface area contributed by atoms with Crippen LogP contribution in [0.4, 0.5) is 0 Å². The molecule has 0 aromatic carbocycles. The molecule has 0 unspecified atom stereocenters. The minimum absolute atomic E-state index is 0. The molecule has 0 atom stereocenters. The molecule has 13 heavy (non-hydrogen) atoms. The Hall–Kier alpha value is -1.27. The average molecular weight is 261 g/mol. The van der Waals surface area contributed by atoms with Gasteiger partial charge in [0.15, 0.2) is 0 Å². The predicted molar refractivity (Wildman–Crippen MR) is 37.0 cm³/mol. The number of hydrogen-bond donors (Lipinski definition) is 2. The van der Waals surface area contributed by atoms with Crippen LogP contribution in [0.15, 0.2) is 0 Å². The minimum Gasteiger partial charge on any atom is -0.457 e. The van der Waals surface area contributed by atoms with E-state index in [1.54, 1.807) is 0 Å². The fourth-order valence-electron chi connectivity index (χ4n) is 0. The summed E-state index contributed by atoms with van der Waals surface area (Å²) in [5.41, 5.74) is 0. The van der Waals surface area contributed by atoms with Gasteiger partial charge in [0.25, 0.3) is 10.2 Å². The molecule has 0 aromatic heterocycles. The van der Waals surface area contributed by atoms with Gasteiger partial charge < -0.3 is 32.3 Å². The van der Waals surface area contributed by atoms with Crippen molar-refractivity contribution in [2.24, 2.45) is 0 Å². The minimum atomic E-state index is -1.50. The molecule has 14 N–H and O–H groups in total. The first-order valence-corrected chi connectivity index (χ1v) is 1.13. The van der Waals surface area contributed by atoms with Crippen molar-refractivity contribution in [3.63, 3.8) is 0 Å². The van der Waals surface area contributed by atoms with Crippen molar-refractivity contribution in [3.8, 4) is 0 Å². The molecule has 0 aliphatic carbocycles. The first-order valence-electron chi connectivity index (χ1n) is 1.13. The van der Waals surface area contributed by atoms with Crippen LogP contribution in [0.5, 0.6) is 0 Å². The molecule has 90 valence electrons. The van der Waals surface area contributed by atoms with Crippen LogP contribution in [0.2, 0.25) is 0 Å². The third-order valence-electron chi connectivity index (χ3n) is 0. The second-order valence-electron chi connectivity index (χ2n) is 0.476. The summed E-state index contributed by atoms with van der Waals surface area (Å²) in [7, 11) is 0. The summed E-state index contributed by atoms with van der Waals surface area (Å²) in [4.78, 5) is 16.7. The molecule has 0 fully saturated rings. The van der Waals surface area contributed by atoms with Gasteiger partial charge in [0.05, 0.1) is 0 Å². The Morgan fingerprint density at radius 3 is 0.769 bits per heavy atom. The first-order chi connectivity index (χ1) is 3.46. The van der Waals surface area contributed by atoms with E-state index in [2.05, 4.69) is 0 Å². The molecule has 0 heterocycles. The fourth-order valence-corrected chi connectivity index (χ4v) is 0. The van der Waals surface area contributed by atoms with E-state index in [1.165, 1.54) is 0 Å². The maximum atomic E-state index is 8.36. The smallest absolute Gasteiger partial charge is 0.291 e. The summed E-state index contributed by atoms with van der Waals surface area (Å²) in [5.74, 6) is 0. The summed E-state index contributed by atoms with van der Waals surface area (Å²) >= 11 is 0. The molecule has 13 heteroatoms. The Morgan fingerprint density at radius 2 is 0.769 bits per heavy atom. The molecular formula is H14N2NiO10+4. The summed E-state index contributed by atoms with van der Waals surface area (Å²) in [5, 5.41) is 27.3.